The Morgan fingerprint density at radius 3 is 2.81 bits per heavy atom. The highest BCUT2D eigenvalue weighted by Gasteiger charge is 2.17. The van der Waals surface area contributed by atoms with Crippen LogP contribution in [-0.4, -0.2) is 50.7 Å². The summed E-state index contributed by atoms with van der Waals surface area (Å²) in [6.07, 6.45) is 7.48. The van der Waals surface area contributed by atoms with Crippen LogP contribution in [0.4, 0.5) is 5.69 Å². The number of hydrogen-bond donors (Lipinski definition) is 3. The standard InChI is InChI=1S/C29H29N7S/c1-6-8-22(27-9-7-12-37-27)23-14-26(32-19(23)3)29-28-25(34-35-29)11-10-24(33-28)20-13-21(16-30-15-20)31-18(2)17-36(4)5/h6-16,31-32H,1-2,17H2,3-5H3,(H,34,35)/b22-8+. The maximum atomic E-state index is 4.98. The average Bonchev–Trinajstić information content (AvgIpc) is 3.62. The van der Waals surface area contributed by atoms with Crippen LogP contribution in [0.15, 0.2) is 85.2 Å². The molecule has 0 aliphatic heterocycles. The Balaban J connectivity index is 1.50. The molecular weight excluding hydrogens is 478 g/mol. The van der Waals surface area contributed by atoms with Crippen molar-refractivity contribution in [1.29, 1.82) is 0 Å². The third-order valence-corrected chi connectivity index (χ3v) is 6.80. The Hall–Kier alpha value is -4.27. The van der Waals surface area contributed by atoms with E-state index in [2.05, 4.69) is 74.0 Å². The lowest BCUT2D eigenvalue weighted by Crippen LogP contribution is -2.18. The fraction of sp³-hybridized carbons (Fsp3) is 0.138. The molecule has 5 rings (SSSR count). The zero-order valence-electron chi connectivity index (χ0n) is 21.2. The van der Waals surface area contributed by atoms with E-state index in [9.17, 15) is 0 Å². The Bertz CT molecular complexity index is 1600. The van der Waals surface area contributed by atoms with Gasteiger partial charge in [0.1, 0.15) is 11.2 Å². The number of aromatic nitrogens is 5. The SMILES string of the molecule is C=C/C=C(/c1cccs1)c1cc(-c2n[nH]c3ccc(-c4cncc(NC(=C)CN(C)C)c4)nc23)[nH]c1C. The molecule has 0 aromatic carbocycles. The lowest BCUT2D eigenvalue weighted by molar-refractivity contribution is 0.447. The third kappa shape index (κ3) is 5.16. The van der Waals surface area contributed by atoms with E-state index < -0.39 is 0 Å². The Kier molecular flexibility index (Phi) is 6.85. The maximum Gasteiger partial charge on any atom is 0.135 e. The molecule has 5 aromatic rings. The van der Waals surface area contributed by atoms with Crippen LogP contribution in [0.1, 0.15) is 16.1 Å². The first-order valence-electron chi connectivity index (χ1n) is 11.9. The summed E-state index contributed by atoms with van der Waals surface area (Å²) in [6.45, 7) is 10.8. The number of allylic oxidation sites excluding steroid dienone is 2. The zero-order valence-corrected chi connectivity index (χ0v) is 22.0. The molecule has 0 amide bonds. The van der Waals surface area contributed by atoms with E-state index in [0.29, 0.717) is 0 Å². The second-order valence-corrected chi connectivity index (χ2v) is 10.1. The van der Waals surface area contributed by atoms with E-state index in [4.69, 9.17) is 4.98 Å². The number of aromatic amines is 2. The van der Waals surface area contributed by atoms with Gasteiger partial charge in [-0.2, -0.15) is 5.10 Å². The molecular formula is C29H29N7S. The maximum absolute atomic E-state index is 4.98. The zero-order chi connectivity index (χ0) is 25.9. The highest BCUT2D eigenvalue weighted by Crippen LogP contribution is 2.34. The monoisotopic (exact) mass is 507 g/mol. The highest BCUT2D eigenvalue weighted by molar-refractivity contribution is 7.11. The first-order chi connectivity index (χ1) is 17.9. The van der Waals surface area contributed by atoms with Gasteiger partial charge >= 0.3 is 0 Å². The van der Waals surface area contributed by atoms with Gasteiger partial charge in [-0.05, 0) is 56.7 Å². The highest BCUT2D eigenvalue weighted by atomic mass is 32.1. The molecule has 37 heavy (non-hydrogen) atoms. The summed E-state index contributed by atoms with van der Waals surface area (Å²) in [7, 11) is 4.02. The number of nitrogens with zero attached hydrogens (tertiary/aromatic N) is 4. The molecule has 0 spiro atoms. The van der Waals surface area contributed by atoms with Crippen molar-refractivity contribution in [2.45, 2.75) is 6.92 Å². The van der Waals surface area contributed by atoms with E-state index in [1.807, 2.05) is 50.6 Å². The molecule has 0 unspecified atom stereocenters. The fourth-order valence-electron chi connectivity index (χ4n) is 4.34. The summed E-state index contributed by atoms with van der Waals surface area (Å²) in [5.41, 5.74) is 10.2. The number of hydrogen-bond acceptors (Lipinski definition) is 6. The van der Waals surface area contributed by atoms with Crippen LogP contribution >= 0.6 is 11.3 Å². The van der Waals surface area contributed by atoms with Crippen LogP contribution in [0.3, 0.4) is 0 Å². The number of aryl methyl sites for hydroxylation is 1. The molecule has 0 radical (unpaired) electrons. The number of fused-ring (bicyclic) bond motifs is 1. The van der Waals surface area contributed by atoms with Crippen molar-refractivity contribution >= 4 is 33.6 Å². The van der Waals surface area contributed by atoms with Gasteiger partial charge in [0, 0.05) is 45.7 Å². The predicted molar refractivity (Wildman–Crippen MR) is 155 cm³/mol. The fourth-order valence-corrected chi connectivity index (χ4v) is 5.11. The third-order valence-electron chi connectivity index (χ3n) is 5.90. The number of nitrogens with one attached hydrogen (secondary N) is 3. The average molecular weight is 508 g/mol. The van der Waals surface area contributed by atoms with Crippen molar-refractivity contribution in [2.75, 3.05) is 26.0 Å². The minimum atomic E-state index is 0.737. The molecule has 0 bridgehead atoms. The van der Waals surface area contributed by atoms with Gasteiger partial charge < -0.3 is 15.2 Å². The smallest absolute Gasteiger partial charge is 0.135 e. The topological polar surface area (TPSA) is 85.5 Å². The first kappa shape index (κ1) is 24.4. The van der Waals surface area contributed by atoms with Crippen LogP contribution in [-0.2, 0) is 0 Å². The molecule has 3 N–H and O–H groups in total. The molecule has 0 fully saturated rings. The number of pyridine rings is 2. The second-order valence-electron chi connectivity index (χ2n) is 9.11. The van der Waals surface area contributed by atoms with Gasteiger partial charge in [-0.25, -0.2) is 4.98 Å². The van der Waals surface area contributed by atoms with Crippen LogP contribution in [0.5, 0.6) is 0 Å². The molecule has 0 saturated heterocycles. The Labute approximate surface area is 220 Å². The van der Waals surface area contributed by atoms with Crippen LogP contribution in [0.25, 0.3) is 39.3 Å². The van der Waals surface area contributed by atoms with Crippen molar-refractivity contribution in [3.05, 3.63) is 101 Å². The lowest BCUT2D eigenvalue weighted by Gasteiger charge is -2.14. The summed E-state index contributed by atoms with van der Waals surface area (Å²) in [5, 5.41) is 13.1. The minimum Gasteiger partial charge on any atom is -0.357 e. The predicted octanol–water partition coefficient (Wildman–Crippen LogP) is 6.49. The van der Waals surface area contributed by atoms with Gasteiger partial charge in [-0.1, -0.05) is 31.4 Å². The van der Waals surface area contributed by atoms with Crippen molar-refractivity contribution in [3.8, 4) is 22.6 Å². The van der Waals surface area contributed by atoms with Crippen molar-refractivity contribution in [1.82, 2.24) is 30.0 Å². The molecule has 186 valence electrons. The molecule has 5 heterocycles. The van der Waals surface area contributed by atoms with E-state index in [0.717, 1.165) is 68.4 Å². The summed E-state index contributed by atoms with van der Waals surface area (Å²) in [6, 6.07) is 12.3. The van der Waals surface area contributed by atoms with Gasteiger partial charge in [-0.3, -0.25) is 10.1 Å². The van der Waals surface area contributed by atoms with Gasteiger partial charge in [0.25, 0.3) is 0 Å². The summed E-state index contributed by atoms with van der Waals surface area (Å²) in [5.74, 6) is 0. The van der Waals surface area contributed by atoms with Gasteiger partial charge in [0.05, 0.1) is 28.8 Å². The largest absolute Gasteiger partial charge is 0.357 e. The van der Waals surface area contributed by atoms with Gasteiger partial charge in [-0.15, -0.1) is 11.3 Å². The van der Waals surface area contributed by atoms with E-state index >= 15 is 0 Å². The van der Waals surface area contributed by atoms with Crippen molar-refractivity contribution < 1.29 is 0 Å². The van der Waals surface area contributed by atoms with E-state index in [-0.39, 0.29) is 0 Å². The molecule has 8 heteroatoms. The molecule has 5 aromatic heterocycles. The molecule has 0 aliphatic carbocycles. The number of H-pyrrole nitrogens is 2. The number of rotatable bonds is 9. The normalized spacial score (nSPS) is 11.8. The van der Waals surface area contributed by atoms with Gasteiger partial charge in [0.15, 0.2) is 0 Å². The van der Waals surface area contributed by atoms with Crippen molar-refractivity contribution in [3.63, 3.8) is 0 Å². The summed E-state index contributed by atoms with van der Waals surface area (Å²) >= 11 is 1.71. The van der Waals surface area contributed by atoms with Gasteiger partial charge in [0.2, 0.25) is 0 Å². The number of anilines is 1. The Morgan fingerprint density at radius 1 is 1.19 bits per heavy atom. The first-order valence-corrected chi connectivity index (χ1v) is 12.8. The number of thiophene rings is 1. The van der Waals surface area contributed by atoms with E-state index in [1.165, 1.54) is 4.88 Å². The lowest BCUT2D eigenvalue weighted by atomic mass is 10.0. The molecule has 0 aliphatic rings. The molecule has 7 nitrogen and oxygen atoms in total. The Morgan fingerprint density at radius 2 is 2.05 bits per heavy atom. The number of likely N-dealkylation sites (N-methyl/N-ethyl adjacent to an activating group) is 1. The van der Waals surface area contributed by atoms with E-state index in [1.54, 1.807) is 17.5 Å². The minimum absolute atomic E-state index is 0.737. The summed E-state index contributed by atoms with van der Waals surface area (Å²) in [4.78, 5) is 16.2. The second kappa shape index (κ2) is 10.4. The molecule has 0 atom stereocenters. The molecule has 0 saturated carbocycles. The van der Waals surface area contributed by atoms with Crippen LogP contribution < -0.4 is 5.32 Å². The quantitative estimate of drug-likeness (QED) is 0.199. The summed E-state index contributed by atoms with van der Waals surface area (Å²) < 4.78 is 0. The van der Waals surface area contributed by atoms with Crippen molar-refractivity contribution in [2.24, 2.45) is 0 Å². The van der Waals surface area contributed by atoms with Crippen LogP contribution in [0, 0.1) is 6.92 Å². The van der Waals surface area contributed by atoms with Crippen LogP contribution in [0.2, 0.25) is 0 Å².